The topological polar surface area (TPSA) is 124 Å². The van der Waals surface area contributed by atoms with E-state index in [1.54, 1.807) is 42.5 Å². The quantitative estimate of drug-likeness (QED) is 0.204. The van der Waals surface area contributed by atoms with Crippen LogP contribution >= 0.6 is 34.0 Å². The number of halogens is 2. The molecular weight excluding hydrogens is 659 g/mol. The Labute approximate surface area is 272 Å². The highest BCUT2D eigenvalue weighted by atomic mass is 32.1. The molecule has 1 aliphatic rings. The monoisotopic (exact) mass is 684 g/mol. The largest absolute Gasteiger partial charge is 0.497 e. The molecule has 0 saturated carbocycles. The average Bonchev–Trinajstić information content (AvgIpc) is 3.86. The summed E-state index contributed by atoms with van der Waals surface area (Å²) >= 11 is 3.68. The van der Waals surface area contributed by atoms with Crippen molar-refractivity contribution in [3.8, 4) is 32.8 Å². The van der Waals surface area contributed by atoms with E-state index in [4.69, 9.17) is 24.2 Å². The smallest absolute Gasteiger partial charge is 0.298 e. The van der Waals surface area contributed by atoms with E-state index in [1.807, 2.05) is 17.5 Å². The van der Waals surface area contributed by atoms with E-state index in [-0.39, 0.29) is 30.2 Å². The van der Waals surface area contributed by atoms with Gasteiger partial charge in [0.1, 0.15) is 33.8 Å². The molecule has 7 rings (SSSR count). The number of ether oxygens (including phenoxy) is 3. The summed E-state index contributed by atoms with van der Waals surface area (Å²) in [6, 6.07) is 10.5. The molecule has 1 saturated heterocycles. The lowest BCUT2D eigenvalue weighted by Crippen LogP contribution is -2.50. The molecule has 0 radical (unpaired) electrons. The van der Waals surface area contributed by atoms with Gasteiger partial charge in [-0.3, -0.25) is 4.79 Å². The Morgan fingerprint density at radius 1 is 1.15 bits per heavy atom. The van der Waals surface area contributed by atoms with Crippen molar-refractivity contribution in [1.29, 1.82) is 0 Å². The second-order valence-electron chi connectivity index (χ2n) is 10.6. The fraction of sp³-hybridized carbons (Fsp3) is 0.300. The molecule has 0 spiro atoms. The minimum atomic E-state index is -3.04. The third kappa shape index (κ3) is 5.93. The van der Waals surface area contributed by atoms with Gasteiger partial charge in [-0.05, 0) is 12.1 Å². The number of hydrogen-bond acceptors (Lipinski definition) is 12. The summed E-state index contributed by atoms with van der Waals surface area (Å²) in [6.07, 6.45) is 1.59. The molecule has 5 heterocycles. The number of benzene rings is 2. The Morgan fingerprint density at radius 2 is 1.98 bits per heavy atom. The van der Waals surface area contributed by atoms with E-state index in [0.29, 0.717) is 58.0 Å². The number of imidazole rings is 1. The number of alkyl halides is 2. The summed E-state index contributed by atoms with van der Waals surface area (Å²) in [5, 5.41) is 16.6. The van der Waals surface area contributed by atoms with Crippen LogP contribution in [0, 0.1) is 0 Å². The highest BCUT2D eigenvalue weighted by Crippen LogP contribution is 2.40. The van der Waals surface area contributed by atoms with Gasteiger partial charge in [0.25, 0.3) is 11.8 Å². The zero-order chi connectivity index (χ0) is 32.0. The highest BCUT2D eigenvalue weighted by molar-refractivity contribution is 7.22. The average molecular weight is 685 g/mol. The van der Waals surface area contributed by atoms with Crippen LogP contribution in [0.2, 0.25) is 0 Å². The number of morpholine rings is 1. The van der Waals surface area contributed by atoms with E-state index in [2.05, 4.69) is 10.1 Å². The number of amides is 1. The summed E-state index contributed by atoms with van der Waals surface area (Å²) < 4.78 is 46.6. The van der Waals surface area contributed by atoms with Crippen LogP contribution in [0.15, 0.2) is 48.0 Å². The van der Waals surface area contributed by atoms with Crippen LogP contribution in [-0.2, 0) is 17.3 Å². The van der Waals surface area contributed by atoms with Crippen molar-refractivity contribution in [3.05, 3.63) is 64.2 Å². The first kappa shape index (κ1) is 30.6. The molecule has 2 aromatic carbocycles. The first-order valence-electron chi connectivity index (χ1n) is 14.1. The van der Waals surface area contributed by atoms with Gasteiger partial charge in [0.2, 0.25) is 4.96 Å². The lowest BCUT2D eigenvalue weighted by Gasteiger charge is -2.34. The SMILES string of the molecule is COc1cc(OCc2csc(-c3ccc(C(=O)N4CCOCC4CO)cc3)n2)c2sc(-c3cn4nc(C(C)(F)F)sc4n3)nc2c1. The van der Waals surface area contributed by atoms with E-state index in [0.717, 1.165) is 39.2 Å². The molecular formula is C30H26F2N6O5S3. The first-order chi connectivity index (χ1) is 22.2. The molecule has 0 aliphatic carbocycles. The molecule has 1 fully saturated rings. The van der Waals surface area contributed by atoms with Gasteiger partial charge in [-0.25, -0.2) is 19.5 Å². The second-order valence-corrected chi connectivity index (χ2v) is 13.4. The first-order valence-corrected chi connectivity index (χ1v) is 16.6. The Kier molecular flexibility index (Phi) is 8.14. The third-order valence-electron chi connectivity index (χ3n) is 7.31. The lowest BCUT2D eigenvalue weighted by molar-refractivity contribution is -0.0183. The Balaban J connectivity index is 1.07. The van der Waals surface area contributed by atoms with E-state index in [1.165, 1.54) is 27.2 Å². The number of rotatable bonds is 9. The van der Waals surface area contributed by atoms with Crippen LogP contribution in [-0.4, -0.2) is 80.0 Å². The molecule has 1 amide bonds. The lowest BCUT2D eigenvalue weighted by atomic mass is 10.1. The number of carbonyl (C=O) groups is 1. The van der Waals surface area contributed by atoms with Crippen molar-refractivity contribution in [2.75, 3.05) is 33.5 Å². The van der Waals surface area contributed by atoms with Crippen molar-refractivity contribution in [1.82, 2.24) is 29.5 Å². The summed E-state index contributed by atoms with van der Waals surface area (Å²) in [4.78, 5) is 28.9. The molecule has 238 valence electrons. The maximum Gasteiger partial charge on any atom is 0.298 e. The van der Waals surface area contributed by atoms with Gasteiger partial charge in [0, 0.05) is 42.1 Å². The number of fused-ring (bicyclic) bond motifs is 2. The molecule has 6 aromatic rings. The predicted molar refractivity (Wildman–Crippen MR) is 170 cm³/mol. The Morgan fingerprint density at radius 3 is 2.72 bits per heavy atom. The Hall–Kier alpha value is -4.09. The molecule has 1 aliphatic heterocycles. The Bertz CT molecular complexity index is 2000. The third-order valence-corrected chi connectivity index (χ3v) is 10.5. The predicted octanol–water partition coefficient (Wildman–Crippen LogP) is 5.72. The minimum absolute atomic E-state index is 0.141. The van der Waals surface area contributed by atoms with E-state index < -0.39 is 5.92 Å². The van der Waals surface area contributed by atoms with Crippen molar-refractivity contribution < 1.29 is 32.9 Å². The van der Waals surface area contributed by atoms with Crippen LogP contribution < -0.4 is 9.47 Å². The zero-order valence-electron chi connectivity index (χ0n) is 24.5. The highest BCUT2D eigenvalue weighted by Gasteiger charge is 2.30. The molecule has 4 aromatic heterocycles. The van der Waals surface area contributed by atoms with Gasteiger partial charge < -0.3 is 24.2 Å². The van der Waals surface area contributed by atoms with Gasteiger partial charge >= 0.3 is 0 Å². The number of thiazole rings is 2. The van der Waals surface area contributed by atoms with Gasteiger partial charge in [0.05, 0.1) is 55.1 Å². The summed E-state index contributed by atoms with van der Waals surface area (Å²) in [5.74, 6) is -2.05. The van der Waals surface area contributed by atoms with Gasteiger partial charge in [-0.2, -0.15) is 13.9 Å². The van der Waals surface area contributed by atoms with Crippen molar-refractivity contribution >= 4 is 55.1 Å². The normalized spacial score (nSPS) is 15.6. The summed E-state index contributed by atoms with van der Waals surface area (Å²) in [7, 11) is 1.56. The molecule has 1 N–H and O–H groups in total. The van der Waals surface area contributed by atoms with E-state index in [9.17, 15) is 18.7 Å². The van der Waals surface area contributed by atoms with Crippen LogP contribution in [0.25, 0.3) is 36.5 Å². The number of methoxy groups -OCH3 is 1. The summed E-state index contributed by atoms with van der Waals surface area (Å²) in [5.41, 5.74) is 3.30. The second kappa shape index (κ2) is 12.3. The standard InChI is InChI=1S/C30H26F2N6O5S3/c1-30(31,32)28-36-38-11-22(35-29(38)46-28)26-34-21-9-20(41-2)10-23(24(21)45-26)43-13-18-15-44-25(33-18)16-3-5-17(6-4-16)27(40)37-7-8-42-14-19(37)12-39/h3-6,9-11,15,19,39H,7-8,12-14H2,1-2H3. The number of carbonyl (C=O) groups excluding carboxylic acids is 1. The summed E-state index contributed by atoms with van der Waals surface area (Å²) in [6.45, 7) is 2.06. The van der Waals surface area contributed by atoms with Crippen LogP contribution in [0.4, 0.5) is 8.78 Å². The number of aliphatic hydroxyl groups is 1. The fourth-order valence-corrected chi connectivity index (χ4v) is 7.54. The maximum atomic E-state index is 13.7. The van der Waals surface area contributed by atoms with Gasteiger partial charge in [-0.1, -0.05) is 23.5 Å². The van der Waals surface area contributed by atoms with Gasteiger partial charge in [-0.15, -0.1) is 22.7 Å². The van der Waals surface area contributed by atoms with Crippen LogP contribution in [0.5, 0.6) is 11.5 Å². The van der Waals surface area contributed by atoms with Crippen molar-refractivity contribution in [2.45, 2.75) is 25.5 Å². The van der Waals surface area contributed by atoms with Crippen molar-refractivity contribution in [2.24, 2.45) is 0 Å². The van der Waals surface area contributed by atoms with Crippen LogP contribution in [0.1, 0.15) is 28.0 Å². The zero-order valence-corrected chi connectivity index (χ0v) is 26.9. The number of aromatic nitrogens is 5. The number of hydrogen-bond donors (Lipinski definition) is 1. The molecule has 16 heteroatoms. The molecule has 11 nitrogen and oxygen atoms in total. The van der Waals surface area contributed by atoms with E-state index >= 15 is 0 Å². The molecule has 46 heavy (non-hydrogen) atoms. The number of nitrogens with zero attached hydrogens (tertiary/aromatic N) is 6. The molecule has 1 unspecified atom stereocenters. The maximum absolute atomic E-state index is 13.7. The molecule has 1 atom stereocenters. The van der Waals surface area contributed by atoms with Crippen molar-refractivity contribution in [3.63, 3.8) is 0 Å². The molecule has 0 bridgehead atoms. The van der Waals surface area contributed by atoms with Gasteiger partial charge in [0.15, 0.2) is 5.01 Å². The number of aliphatic hydroxyl groups excluding tert-OH is 1. The van der Waals surface area contributed by atoms with Crippen LogP contribution in [0.3, 0.4) is 0 Å². The fourth-order valence-electron chi connectivity index (χ4n) is 4.94. The minimum Gasteiger partial charge on any atom is -0.497 e.